The maximum Gasteiger partial charge on any atom is 0.269 e. The summed E-state index contributed by atoms with van der Waals surface area (Å²) in [5.74, 6) is 0.667. The largest absolute Gasteiger partial charge is 0.492 e. The molecule has 1 rings (SSSR count). The highest BCUT2D eigenvalue weighted by molar-refractivity contribution is 5.35. The van der Waals surface area contributed by atoms with E-state index in [2.05, 4.69) is 11.8 Å². The number of rotatable bonds is 7. The molecule has 0 saturated heterocycles. The SMILES string of the molecule is CCCN(C)CCOc1ccc([N+](=O)[O-])cc1. The Balaban J connectivity index is 2.34. The van der Waals surface area contributed by atoms with Crippen LogP contribution in [-0.2, 0) is 0 Å². The van der Waals surface area contributed by atoms with E-state index in [1.165, 1.54) is 12.1 Å². The molecule has 1 aromatic rings. The van der Waals surface area contributed by atoms with Crippen LogP contribution < -0.4 is 4.74 Å². The van der Waals surface area contributed by atoms with E-state index < -0.39 is 4.92 Å². The van der Waals surface area contributed by atoms with Gasteiger partial charge in [0, 0.05) is 18.7 Å². The van der Waals surface area contributed by atoms with Crippen LogP contribution in [-0.4, -0.2) is 36.6 Å². The van der Waals surface area contributed by atoms with Gasteiger partial charge >= 0.3 is 0 Å². The predicted molar refractivity (Wildman–Crippen MR) is 66.4 cm³/mol. The third kappa shape index (κ3) is 4.82. The first-order chi connectivity index (χ1) is 8.13. The molecule has 0 aliphatic carbocycles. The van der Waals surface area contributed by atoms with E-state index in [4.69, 9.17) is 4.74 Å². The van der Waals surface area contributed by atoms with Gasteiger partial charge in [-0.2, -0.15) is 0 Å². The minimum absolute atomic E-state index is 0.0838. The van der Waals surface area contributed by atoms with Crippen LogP contribution in [0.3, 0.4) is 0 Å². The second-order valence-corrected chi connectivity index (χ2v) is 3.90. The fourth-order valence-corrected chi connectivity index (χ4v) is 1.48. The summed E-state index contributed by atoms with van der Waals surface area (Å²) in [6, 6.07) is 6.14. The Bertz CT molecular complexity index is 351. The van der Waals surface area contributed by atoms with Crippen molar-refractivity contribution in [1.82, 2.24) is 4.90 Å². The van der Waals surface area contributed by atoms with Crippen LogP contribution in [0.2, 0.25) is 0 Å². The number of non-ortho nitro benzene ring substituents is 1. The Morgan fingerprint density at radius 2 is 1.94 bits per heavy atom. The van der Waals surface area contributed by atoms with E-state index >= 15 is 0 Å². The molecule has 0 aliphatic heterocycles. The van der Waals surface area contributed by atoms with E-state index in [9.17, 15) is 10.1 Å². The quantitative estimate of drug-likeness (QED) is 0.540. The molecule has 0 bridgehead atoms. The molecule has 0 radical (unpaired) electrons. The van der Waals surface area contributed by atoms with E-state index in [0.717, 1.165) is 19.5 Å². The first-order valence-corrected chi connectivity index (χ1v) is 5.69. The fourth-order valence-electron chi connectivity index (χ4n) is 1.48. The van der Waals surface area contributed by atoms with Crippen LogP contribution in [0.1, 0.15) is 13.3 Å². The van der Waals surface area contributed by atoms with Gasteiger partial charge in [-0.25, -0.2) is 0 Å². The van der Waals surface area contributed by atoms with E-state index in [1.807, 2.05) is 7.05 Å². The van der Waals surface area contributed by atoms with E-state index in [0.29, 0.717) is 12.4 Å². The minimum Gasteiger partial charge on any atom is -0.492 e. The first-order valence-electron chi connectivity index (χ1n) is 5.69. The topological polar surface area (TPSA) is 55.6 Å². The van der Waals surface area contributed by atoms with Gasteiger partial charge in [-0.1, -0.05) is 6.92 Å². The molecular weight excluding hydrogens is 220 g/mol. The van der Waals surface area contributed by atoms with Crippen LogP contribution >= 0.6 is 0 Å². The Morgan fingerprint density at radius 3 is 2.47 bits per heavy atom. The highest BCUT2D eigenvalue weighted by atomic mass is 16.6. The molecular formula is C12H18N2O3. The lowest BCUT2D eigenvalue weighted by Gasteiger charge is -2.15. The second kappa shape index (κ2) is 6.85. The van der Waals surface area contributed by atoms with Gasteiger partial charge in [0.05, 0.1) is 4.92 Å². The molecule has 5 heteroatoms. The molecule has 0 N–H and O–H groups in total. The van der Waals surface area contributed by atoms with Crippen molar-refractivity contribution < 1.29 is 9.66 Å². The van der Waals surface area contributed by atoms with Crippen molar-refractivity contribution in [1.29, 1.82) is 0 Å². The molecule has 1 aromatic carbocycles. The van der Waals surface area contributed by atoms with Crippen molar-refractivity contribution in [3.63, 3.8) is 0 Å². The minimum atomic E-state index is -0.418. The number of nitro groups is 1. The Hall–Kier alpha value is -1.62. The van der Waals surface area contributed by atoms with Crippen LogP contribution in [0.15, 0.2) is 24.3 Å². The number of nitro benzene ring substituents is 1. The molecule has 94 valence electrons. The summed E-state index contributed by atoms with van der Waals surface area (Å²) in [4.78, 5) is 12.2. The number of ether oxygens (including phenoxy) is 1. The van der Waals surface area contributed by atoms with Crippen LogP contribution in [0.4, 0.5) is 5.69 Å². The fraction of sp³-hybridized carbons (Fsp3) is 0.500. The Labute approximate surface area is 101 Å². The first kappa shape index (κ1) is 13.4. The standard InChI is InChI=1S/C12H18N2O3/c1-3-8-13(2)9-10-17-12-6-4-11(5-7-12)14(15)16/h4-7H,3,8-10H2,1-2H3. The molecule has 0 aromatic heterocycles. The summed E-state index contributed by atoms with van der Waals surface area (Å²) in [5, 5.41) is 10.4. The van der Waals surface area contributed by atoms with Crippen molar-refractivity contribution in [2.75, 3.05) is 26.7 Å². The smallest absolute Gasteiger partial charge is 0.269 e. The average molecular weight is 238 g/mol. The maximum atomic E-state index is 10.4. The third-order valence-electron chi connectivity index (χ3n) is 2.39. The summed E-state index contributed by atoms with van der Waals surface area (Å²) in [6.07, 6.45) is 1.12. The van der Waals surface area contributed by atoms with Gasteiger partial charge in [0.25, 0.3) is 5.69 Å². The van der Waals surface area contributed by atoms with Crippen molar-refractivity contribution >= 4 is 5.69 Å². The lowest BCUT2D eigenvalue weighted by Crippen LogP contribution is -2.24. The monoisotopic (exact) mass is 238 g/mol. The van der Waals surface area contributed by atoms with Crippen molar-refractivity contribution in [3.8, 4) is 5.75 Å². The van der Waals surface area contributed by atoms with E-state index in [1.54, 1.807) is 12.1 Å². The van der Waals surface area contributed by atoms with E-state index in [-0.39, 0.29) is 5.69 Å². The van der Waals surface area contributed by atoms with Gasteiger partial charge in [0.1, 0.15) is 12.4 Å². The normalized spacial score (nSPS) is 10.5. The molecule has 5 nitrogen and oxygen atoms in total. The summed E-state index contributed by atoms with van der Waals surface area (Å²) in [5.41, 5.74) is 0.0838. The number of benzene rings is 1. The van der Waals surface area contributed by atoms with Crippen LogP contribution in [0, 0.1) is 10.1 Å². The molecule has 0 aliphatic rings. The maximum absolute atomic E-state index is 10.4. The van der Waals surface area contributed by atoms with Crippen molar-refractivity contribution in [2.45, 2.75) is 13.3 Å². The summed E-state index contributed by atoms with van der Waals surface area (Å²) >= 11 is 0. The Morgan fingerprint density at radius 1 is 1.29 bits per heavy atom. The number of likely N-dealkylation sites (N-methyl/N-ethyl adjacent to an activating group) is 1. The molecule has 0 heterocycles. The summed E-state index contributed by atoms with van der Waals surface area (Å²) < 4.78 is 5.49. The molecule has 0 unspecified atom stereocenters. The third-order valence-corrected chi connectivity index (χ3v) is 2.39. The van der Waals surface area contributed by atoms with Gasteiger partial charge in [-0.3, -0.25) is 10.1 Å². The van der Waals surface area contributed by atoms with Crippen LogP contribution in [0.5, 0.6) is 5.75 Å². The summed E-state index contributed by atoms with van der Waals surface area (Å²) in [6.45, 7) is 4.62. The van der Waals surface area contributed by atoms with Gasteiger partial charge in [0.15, 0.2) is 0 Å². The number of hydrogen-bond acceptors (Lipinski definition) is 4. The summed E-state index contributed by atoms with van der Waals surface area (Å²) in [7, 11) is 2.04. The zero-order valence-electron chi connectivity index (χ0n) is 10.3. The van der Waals surface area contributed by atoms with Crippen LogP contribution in [0.25, 0.3) is 0 Å². The lowest BCUT2D eigenvalue weighted by atomic mass is 10.3. The highest BCUT2D eigenvalue weighted by Crippen LogP contribution is 2.17. The molecule has 17 heavy (non-hydrogen) atoms. The number of nitrogens with zero attached hydrogens (tertiary/aromatic N) is 2. The van der Waals surface area contributed by atoms with Crippen molar-refractivity contribution in [2.24, 2.45) is 0 Å². The average Bonchev–Trinajstić information content (AvgIpc) is 2.30. The molecule has 0 atom stereocenters. The lowest BCUT2D eigenvalue weighted by molar-refractivity contribution is -0.384. The molecule has 0 fully saturated rings. The highest BCUT2D eigenvalue weighted by Gasteiger charge is 2.04. The predicted octanol–water partition coefficient (Wildman–Crippen LogP) is 2.32. The van der Waals surface area contributed by atoms with Gasteiger partial charge in [0.2, 0.25) is 0 Å². The molecule has 0 amide bonds. The van der Waals surface area contributed by atoms with Gasteiger partial charge in [-0.15, -0.1) is 0 Å². The zero-order chi connectivity index (χ0) is 12.7. The van der Waals surface area contributed by atoms with Crippen molar-refractivity contribution in [3.05, 3.63) is 34.4 Å². The molecule has 0 saturated carbocycles. The zero-order valence-corrected chi connectivity index (χ0v) is 10.3. The second-order valence-electron chi connectivity index (χ2n) is 3.90. The molecule has 0 spiro atoms. The van der Waals surface area contributed by atoms with Gasteiger partial charge < -0.3 is 9.64 Å². The van der Waals surface area contributed by atoms with Gasteiger partial charge in [-0.05, 0) is 32.1 Å². The number of hydrogen-bond donors (Lipinski definition) is 0. The Kier molecular flexibility index (Phi) is 5.42.